The fourth-order valence-electron chi connectivity index (χ4n) is 4.02. The summed E-state index contributed by atoms with van der Waals surface area (Å²) in [5.41, 5.74) is 1.92. The number of hydrogen-bond acceptors (Lipinski definition) is 5. The molecule has 0 bridgehead atoms. The van der Waals surface area contributed by atoms with E-state index < -0.39 is 4.92 Å². The highest BCUT2D eigenvalue weighted by atomic mass is 16.6. The third kappa shape index (κ3) is 5.52. The summed E-state index contributed by atoms with van der Waals surface area (Å²) in [4.78, 5) is 27.3. The van der Waals surface area contributed by atoms with Gasteiger partial charge in [0.25, 0.3) is 11.6 Å². The maximum absolute atomic E-state index is 12.8. The number of nitrogens with zero attached hydrogens (tertiary/aromatic N) is 2. The minimum Gasteiger partial charge on any atom is -0.497 e. The molecule has 0 aromatic heterocycles. The predicted octanol–water partition coefficient (Wildman–Crippen LogP) is 2.21. The lowest BCUT2D eigenvalue weighted by Crippen LogP contribution is -3.07. The Balaban J connectivity index is 1.75. The number of nitro benzene ring substituents is 1. The van der Waals surface area contributed by atoms with Crippen LogP contribution in [-0.2, 0) is 0 Å². The highest BCUT2D eigenvalue weighted by Gasteiger charge is 2.24. The number of hydrogen-bond donors (Lipinski definition) is 2. The van der Waals surface area contributed by atoms with Gasteiger partial charge in [0.2, 0.25) is 0 Å². The zero-order chi connectivity index (χ0) is 22.4. The molecule has 8 nitrogen and oxygen atoms in total. The van der Waals surface area contributed by atoms with Crippen molar-refractivity contribution in [1.29, 1.82) is 0 Å². The number of amides is 1. The Kier molecular flexibility index (Phi) is 7.46. The van der Waals surface area contributed by atoms with Crippen molar-refractivity contribution in [3.63, 3.8) is 0 Å². The van der Waals surface area contributed by atoms with Gasteiger partial charge >= 0.3 is 0 Å². The number of methoxy groups -OCH3 is 1. The van der Waals surface area contributed by atoms with Crippen molar-refractivity contribution in [3.05, 3.63) is 63.7 Å². The Morgan fingerprint density at radius 1 is 1.19 bits per heavy atom. The second-order valence-electron chi connectivity index (χ2n) is 8.12. The molecule has 8 heteroatoms. The highest BCUT2D eigenvalue weighted by Crippen LogP contribution is 2.31. The van der Waals surface area contributed by atoms with Crippen molar-refractivity contribution in [3.8, 4) is 5.75 Å². The zero-order valence-electron chi connectivity index (χ0n) is 18.4. The van der Waals surface area contributed by atoms with Gasteiger partial charge in [0, 0.05) is 30.3 Å². The topological polar surface area (TPSA) is 89.1 Å². The lowest BCUT2D eigenvalue weighted by Gasteiger charge is -2.28. The van der Waals surface area contributed by atoms with Gasteiger partial charge < -0.3 is 19.9 Å². The van der Waals surface area contributed by atoms with Crippen LogP contribution in [0.3, 0.4) is 0 Å². The SMILES string of the molecule is COc1cccc([C@H](CNC(=O)c2ccc(N3CCCCC3)c([N+](=O)[O-])c2)[NH+](C)C)c1. The van der Waals surface area contributed by atoms with E-state index in [4.69, 9.17) is 4.74 Å². The van der Waals surface area contributed by atoms with Gasteiger partial charge in [0.15, 0.2) is 0 Å². The lowest BCUT2D eigenvalue weighted by molar-refractivity contribution is -0.890. The average Bonchev–Trinajstić information content (AvgIpc) is 2.79. The van der Waals surface area contributed by atoms with Gasteiger partial charge in [-0.25, -0.2) is 0 Å². The summed E-state index contributed by atoms with van der Waals surface area (Å²) in [6.45, 7) is 2.01. The van der Waals surface area contributed by atoms with Crippen molar-refractivity contribution in [2.75, 3.05) is 45.7 Å². The van der Waals surface area contributed by atoms with Crippen LogP contribution in [0.1, 0.15) is 41.2 Å². The largest absolute Gasteiger partial charge is 0.497 e. The van der Waals surface area contributed by atoms with Crippen LogP contribution in [0.25, 0.3) is 0 Å². The molecule has 1 heterocycles. The molecule has 1 aliphatic heterocycles. The fourth-order valence-corrected chi connectivity index (χ4v) is 4.02. The van der Waals surface area contributed by atoms with Crippen molar-refractivity contribution < 1.29 is 19.4 Å². The number of nitro groups is 1. The summed E-state index contributed by atoms with van der Waals surface area (Å²) in [7, 11) is 5.67. The van der Waals surface area contributed by atoms with Gasteiger partial charge in [0.1, 0.15) is 17.5 Å². The van der Waals surface area contributed by atoms with Gasteiger partial charge in [-0.1, -0.05) is 12.1 Å². The van der Waals surface area contributed by atoms with Crippen molar-refractivity contribution in [2.45, 2.75) is 25.3 Å². The number of anilines is 1. The maximum atomic E-state index is 12.8. The van der Waals surface area contributed by atoms with Crippen LogP contribution >= 0.6 is 0 Å². The monoisotopic (exact) mass is 427 g/mol. The first-order valence-electron chi connectivity index (χ1n) is 10.7. The number of carbonyl (C=O) groups is 1. The minimum absolute atomic E-state index is 0.0154. The molecule has 166 valence electrons. The number of benzene rings is 2. The standard InChI is InChI=1S/C23H30N4O4/c1-25(2)22(17-8-7-9-19(14-17)31-3)16-24-23(28)18-10-11-20(21(15-18)27(29)30)26-12-5-4-6-13-26/h7-11,14-15,22H,4-6,12-13,16H2,1-3H3,(H,24,28)/p+1/t22-/m0/s1. The second-order valence-corrected chi connectivity index (χ2v) is 8.12. The van der Waals surface area contributed by atoms with Gasteiger partial charge in [0.05, 0.1) is 32.7 Å². The van der Waals surface area contributed by atoms with Crippen molar-refractivity contribution >= 4 is 17.3 Å². The van der Waals surface area contributed by atoms with Crippen LogP contribution in [0.4, 0.5) is 11.4 Å². The number of ether oxygens (including phenoxy) is 1. The van der Waals surface area contributed by atoms with E-state index in [0.29, 0.717) is 17.8 Å². The molecule has 1 aliphatic rings. The third-order valence-corrected chi connectivity index (χ3v) is 5.79. The number of nitrogens with one attached hydrogen (secondary N) is 2. The molecule has 0 aliphatic carbocycles. The quantitative estimate of drug-likeness (QED) is 0.498. The Labute approximate surface area is 182 Å². The molecule has 1 amide bonds. The number of carbonyl (C=O) groups excluding carboxylic acids is 1. The Morgan fingerprint density at radius 2 is 1.94 bits per heavy atom. The van der Waals surface area contributed by atoms with E-state index in [-0.39, 0.29) is 17.6 Å². The van der Waals surface area contributed by atoms with E-state index in [2.05, 4.69) is 5.32 Å². The second kappa shape index (κ2) is 10.3. The summed E-state index contributed by atoms with van der Waals surface area (Å²) in [5, 5.41) is 14.6. The lowest BCUT2D eigenvalue weighted by atomic mass is 10.0. The molecule has 0 saturated carbocycles. The van der Waals surface area contributed by atoms with E-state index in [1.165, 1.54) is 6.07 Å². The third-order valence-electron chi connectivity index (χ3n) is 5.79. The molecular formula is C23H31N4O4+. The molecule has 0 spiro atoms. The molecule has 31 heavy (non-hydrogen) atoms. The van der Waals surface area contributed by atoms with Crippen molar-refractivity contribution in [2.24, 2.45) is 0 Å². The Hall–Kier alpha value is -3.13. The highest BCUT2D eigenvalue weighted by molar-refractivity contribution is 5.95. The van der Waals surface area contributed by atoms with E-state index >= 15 is 0 Å². The first-order chi connectivity index (χ1) is 14.9. The molecule has 1 fully saturated rings. The fraction of sp³-hybridized carbons (Fsp3) is 0.435. The minimum atomic E-state index is -0.399. The molecule has 2 aromatic carbocycles. The molecule has 2 aromatic rings. The van der Waals surface area contributed by atoms with Gasteiger partial charge in [-0.2, -0.15) is 0 Å². The molecule has 1 saturated heterocycles. The Bertz CT molecular complexity index is 926. The van der Waals surface area contributed by atoms with Gasteiger partial charge in [-0.05, 0) is 43.5 Å². The summed E-state index contributed by atoms with van der Waals surface area (Å²) >= 11 is 0. The van der Waals surface area contributed by atoms with Crippen LogP contribution in [0.15, 0.2) is 42.5 Å². The maximum Gasteiger partial charge on any atom is 0.293 e. The average molecular weight is 428 g/mol. The molecule has 0 radical (unpaired) electrons. The van der Waals surface area contributed by atoms with Gasteiger partial charge in [-0.15, -0.1) is 0 Å². The molecular weight excluding hydrogens is 396 g/mol. The first-order valence-corrected chi connectivity index (χ1v) is 10.7. The zero-order valence-corrected chi connectivity index (χ0v) is 18.4. The summed E-state index contributed by atoms with van der Waals surface area (Å²) in [6, 6.07) is 12.6. The van der Waals surface area contributed by atoms with Crippen LogP contribution < -0.4 is 19.9 Å². The van der Waals surface area contributed by atoms with E-state index in [1.54, 1.807) is 19.2 Å². The summed E-state index contributed by atoms with van der Waals surface area (Å²) in [6.07, 6.45) is 3.20. The predicted molar refractivity (Wildman–Crippen MR) is 120 cm³/mol. The molecule has 0 unspecified atom stereocenters. The summed E-state index contributed by atoms with van der Waals surface area (Å²) in [5.74, 6) is 0.446. The van der Waals surface area contributed by atoms with E-state index in [9.17, 15) is 14.9 Å². The van der Waals surface area contributed by atoms with Gasteiger partial charge in [-0.3, -0.25) is 14.9 Å². The number of quaternary nitrogens is 1. The molecule has 3 rings (SSSR count). The number of piperidine rings is 1. The van der Waals surface area contributed by atoms with E-state index in [1.807, 2.05) is 43.3 Å². The van der Waals surface area contributed by atoms with E-state index in [0.717, 1.165) is 48.6 Å². The molecule has 2 N–H and O–H groups in total. The number of likely N-dealkylation sites (N-methyl/N-ethyl adjacent to an activating group) is 1. The Morgan fingerprint density at radius 3 is 2.58 bits per heavy atom. The first kappa shape index (κ1) is 22.6. The van der Waals surface area contributed by atoms with Crippen LogP contribution in [0, 0.1) is 10.1 Å². The number of rotatable bonds is 8. The summed E-state index contributed by atoms with van der Waals surface area (Å²) < 4.78 is 5.31. The molecule has 1 atom stereocenters. The smallest absolute Gasteiger partial charge is 0.293 e. The van der Waals surface area contributed by atoms with Crippen LogP contribution in [-0.4, -0.2) is 51.7 Å². The normalized spacial score (nSPS) is 14.9. The van der Waals surface area contributed by atoms with Crippen LogP contribution in [0.2, 0.25) is 0 Å². The van der Waals surface area contributed by atoms with Crippen molar-refractivity contribution in [1.82, 2.24) is 5.32 Å². The van der Waals surface area contributed by atoms with Crippen LogP contribution in [0.5, 0.6) is 5.75 Å².